The average Bonchev–Trinajstić information content (AvgIpc) is 2.46. The Labute approximate surface area is 125 Å². The topological polar surface area (TPSA) is 70.6 Å². The number of oxime groups is 1. The number of nitrogens with one attached hydrogen (secondary N) is 1. The third kappa shape index (κ3) is 3.73. The quantitative estimate of drug-likeness (QED) is 0.346. The first-order chi connectivity index (χ1) is 9.94. The molecule has 1 aromatic rings. The summed E-state index contributed by atoms with van der Waals surface area (Å²) in [6.45, 7) is 5.14. The zero-order valence-corrected chi connectivity index (χ0v) is 12.7. The van der Waals surface area contributed by atoms with Gasteiger partial charge < -0.3 is 16.3 Å². The minimum Gasteiger partial charge on any atom is -0.409 e. The molecule has 0 bridgehead atoms. The maximum Gasteiger partial charge on any atom is 0.170 e. The first-order valence-electron chi connectivity index (χ1n) is 7.44. The van der Waals surface area contributed by atoms with Crippen LogP contribution in [0.25, 0.3) is 0 Å². The molecule has 116 valence electrons. The molecule has 0 amide bonds. The highest BCUT2D eigenvalue weighted by atomic mass is 19.1. The highest BCUT2D eigenvalue weighted by Crippen LogP contribution is 2.35. The van der Waals surface area contributed by atoms with Gasteiger partial charge in [-0.2, -0.15) is 0 Å². The van der Waals surface area contributed by atoms with Gasteiger partial charge >= 0.3 is 0 Å². The van der Waals surface area contributed by atoms with Crippen molar-refractivity contribution < 1.29 is 9.60 Å². The van der Waals surface area contributed by atoms with Crippen molar-refractivity contribution in [3.8, 4) is 0 Å². The lowest BCUT2D eigenvalue weighted by atomic mass is 9.73. The van der Waals surface area contributed by atoms with E-state index in [9.17, 15) is 4.39 Å². The number of halogens is 1. The van der Waals surface area contributed by atoms with Gasteiger partial charge in [-0.1, -0.05) is 37.9 Å². The van der Waals surface area contributed by atoms with Gasteiger partial charge in [-0.25, -0.2) is 4.39 Å². The van der Waals surface area contributed by atoms with E-state index in [-0.39, 0.29) is 11.3 Å². The third-order valence-electron chi connectivity index (χ3n) is 4.50. The van der Waals surface area contributed by atoms with Crippen molar-refractivity contribution in [1.82, 2.24) is 5.32 Å². The van der Waals surface area contributed by atoms with Crippen molar-refractivity contribution in [2.24, 2.45) is 16.3 Å². The third-order valence-corrected chi connectivity index (χ3v) is 4.50. The Morgan fingerprint density at radius 2 is 2.24 bits per heavy atom. The predicted octanol–water partition coefficient (Wildman–Crippen LogP) is 2.98. The highest BCUT2D eigenvalue weighted by molar-refractivity contribution is 5.98. The Morgan fingerprint density at radius 1 is 1.48 bits per heavy atom. The molecule has 0 aliphatic heterocycles. The summed E-state index contributed by atoms with van der Waals surface area (Å²) in [7, 11) is 0. The van der Waals surface area contributed by atoms with Crippen LogP contribution in [0.15, 0.2) is 23.4 Å². The van der Waals surface area contributed by atoms with Crippen molar-refractivity contribution in [2.75, 3.05) is 0 Å². The van der Waals surface area contributed by atoms with Crippen LogP contribution < -0.4 is 11.1 Å². The van der Waals surface area contributed by atoms with Gasteiger partial charge in [0.1, 0.15) is 5.82 Å². The molecule has 21 heavy (non-hydrogen) atoms. The second-order valence-electron chi connectivity index (χ2n) is 6.45. The number of hydrogen-bond donors (Lipinski definition) is 3. The summed E-state index contributed by atoms with van der Waals surface area (Å²) in [6, 6.07) is 4.82. The molecule has 1 aromatic carbocycles. The van der Waals surface area contributed by atoms with Gasteiger partial charge in [-0.3, -0.25) is 0 Å². The second kappa shape index (κ2) is 6.43. The SMILES string of the molecule is CC1(C)CCCCC1NCc1ccc(F)cc1C(N)=NO. The van der Waals surface area contributed by atoms with Gasteiger partial charge in [0, 0.05) is 18.2 Å². The molecule has 1 atom stereocenters. The van der Waals surface area contributed by atoms with E-state index in [2.05, 4.69) is 24.3 Å². The van der Waals surface area contributed by atoms with Gasteiger partial charge in [-0.05, 0) is 36.0 Å². The largest absolute Gasteiger partial charge is 0.409 e. The monoisotopic (exact) mass is 293 g/mol. The Kier molecular flexibility index (Phi) is 4.83. The zero-order valence-electron chi connectivity index (χ0n) is 12.7. The molecule has 4 nitrogen and oxygen atoms in total. The first kappa shape index (κ1) is 15.8. The van der Waals surface area contributed by atoms with E-state index in [1.807, 2.05) is 0 Å². The summed E-state index contributed by atoms with van der Waals surface area (Å²) in [4.78, 5) is 0. The molecule has 5 heteroatoms. The van der Waals surface area contributed by atoms with Crippen LogP contribution >= 0.6 is 0 Å². The van der Waals surface area contributed by atoms with E-state index in [1.54, 1.807) is 6.07 Å². The number of nitrogens with zero attached hydrogens (tertiary/aromatic N) is 1. The van der Waals surface area contributed by atoms with E-state index in [4.69, 9.17) is 10.9 Å². The predicted molar refractivity (Wildman–Crippen MR) is 81.8 cm³/mol. The molecular weight excluding hydrogens is 269 g/mol. The number of amidine groups is 1. The summed E-state index contributed by atoms with van der Waals surface area (Å²) in [5.74, 6) is -0.451. The van der Waals surface area contributed by atoms with Crippen LogP contribution in [0.3, 0.4) is 0 Å². The molecule has 0 aromatic heterocycles. The smallest absolute Gasteiger partial charge is 0.170 e. The van der Waals surface area contributed by atoms with Gasteiger partial charge in [0.2, 0.25) is 0 Å². The normalized spacial score (nSPS) is 22.2. The molecule has 1 aliphatic carbocycles. The number of nitrogens with two attached hydrogens (primary N) is 1. The summed E-state index contributed by atoms with van der Waals surface area (Å²) in [6.07, 6.45) is 4.86. The van der Waals surface area contributed by atoms with Gasteiger partial charge in [0.05, 0.1) is 0 Å². The number of benzene rings is 1. The number of rotatable bonds is 4. The summed E-state index contributed by atoms with van der Waals surface area (Å²) >= 11 is 0. The fraction of sp³-hybridized carbons (Fsp3) is 0.562. The second-order valence-corrected chi connectivity index (χ2v) is 6.45. The van der Waals surface area contributed by atoms with Gasteiger partial charge in [-0.15, -0.1) is 0 Å². The molecule has 0 heterocycles. The highest BCUT2D eigenvalue weighted by Gasteiger charge is 2.31. The van der Waals surface area contributed by atoms with Crippen molar-refractivity contribution in [3.63, 3.8) is 0 Å². The molecule has 4 N–H and O–H groups in total. The van der Waals surface area contributed by atoms with E-state index >= 15 is 0 Å². The molecule has 1 aliphatic rings. The Bertz CT molecular complexity index is 528. The fourth-order valence-electron chi connectivity index (χ4n) is 3.10. The minimum absolute atomic E-state index is 0.0609. The first-order valence-corrected chi connectivity index (χ1v) is 7.44. The van der Waals surface area contributed by atoms with Crippen LogP contribution in [0.5, 0.6) is 0 Å². The molecule has 1 fully saturated rings. The number of hydrogen-bond acceptors (Lipinski definition) is 3. The maximum absolute atomic E-state index is 13.3. The Hall–Kier alpha value is -1.62. The van der Waals surface area contributed by atoms with Crippen molar-refractivity contribution in [1.29, 1.82) is 0 Å². The molecule has 0 saturated heterocycles. The van der Waals surface area contributed by atoms with Crippen LogP contribution in [0.1, 0.15) is 50.7 Å². The molecular formula is C16H24FN3O. The molecule has 1 unspecified atom stereocenters. The minimum atomic E-state index is -0.390. The van der Waals surface area contributed by atoms with E-state index in [0.717, 1.165) is 12.0 Å². The van der Waals surface area contributed by atoms with Gasteiger partial charge in [0.15, 0.2) is 5.84 Å². The van der Waals surface area contributed by atoms with Crippen molar-refractivity contribution in [3.05, 3.63) is 35.1 Å². The lowest BCUT2D eigenvalue weighted by molar-refractivity contribution is 0.166. The van der Waals surface area contributed by atoms with E-state index < -0.39 is 5.82 Å². The van der Waals surface area contributed by atoms with Gasteiger partial charge in [0.25, 0.3) is 0 Å². The summed E-state index contributed by atoms with van der Waals surface area (Å²) in [5.41, 5.74) is 7.17. The Morgan fingerprint density at radius 3 is 2.90 bits per heavy atom. The molecule has 1 saturated carbocycles. The molecule has 2 rings (SSSR count). The van der Waals surface area contributed by atoms with Crippen LogP contribution in [-0.4, -0.2) is 17.1 Å². The molecule has 0 spiro atoms. The molecule has 0 radical (unpaired) electrons. The zero-order chi connectivity index (χ0) is 15.5. The average molecular weight is 293 g/mol. The Balaban J connectivity index is 2.13. The van der Waals surface area contributed by atoms with Crippen LogP contribution in [0, 0.1) is 11.2 Å². The van der Waals surface area contributed by atoms with E-state index in [0.29, 0.717) is 18.2 Å². The van der Waals surface area contributed by atoms with Crippen LogP contribution in [0.4, 0.5) is 4.39 Å². The van der Waals surface area contributed by atoms with Crippen LogP contribution in [0.2, 0.25) is 0 Å². The standard InChI is InChI=1S/C16H24FN3O/c1-16(2)8-4-3-5-14(16)19-10-11-6-7-12(17)9-13(11)15(18)20-21/h6-7,9,14,19,21H,3-5,8,10H2,1-2H3,(H2,18,20). The fourth-order valence-corrected chi connectivity index (χ4v) is 3.10. The maximum atomic E-state index is 13.3. The van der Waals surface area contributed by atoms with E-state index in [1.165, 1.54) is 31.4 Å². The lowest BCUT2D eigenvalue weighted by Crippen LogP contribution is -2.43. The van der Waals surface area contributed by atoms with Crippen LogP contribution in [-0.2, 0) is 6.54 Å². The summed E-state index contributed by atoms with van der Waals surface area (Å²) < 4.78 is 13.3. The van der Waals surface area contributed by atoms with Crippen molar-refractivity contribution >= 4 is 5.84 Å². The van der Waals surface area contributed by atoms with Crippen molar-refractivity contribution in [2.45, 2.75) is 52.1 Å². The lowest BCUT2D eigenvalue weighted by Gasteiger charge is -2.39. The summed E-state index contributed by atoms with van der Waals surface area (Å²) in [5, 5.41) is 15.4.